The summed E-state index contributed by atoms with van der Waals surface area (Å²) in [5, 5.41) is 7.47. The Kier molecular flexibility index (Phi) is 6.69. The summed E-state index contributed by atoms with van der Waals surface area (Å²) in [6.07, 6.45) is 0. The Morgan fingerprint density at radius 3 is 1.49 bits per heavy atom. The van der Waals surface area contributed by atoms with Crippen molar-refractivity contribution in [1.29, 1.82) is 0 Å². The van der Waals surface area contributed by atoms with E-state index >= 15 is 0 Å². The van der Waals surface area contributed by atoms with Crippen LogP contribution in [0.4, 0.5) is 17.1 Å². The first-order valence-corrected chi connectivity index (χ1v) is 17.8. The van der Waals surface area contributed by atoms with Crippen LogP contribution in [0.15, 0.2) is 194 Å². The van der Waals surface area contributed by atoms with Crippen LogP contribution in [0, 0.1) is 6.92 Å². The molecular weight excluding hydrogens is 615 g/mol. The SMILES string of the molecule is Cc1ccc2c(c1)C(c1ccc3ccccc3c1)(c1ccc3ccccc3c1)c1cc(N(c3ccccc3)c3ccccc3)c3ccccc3c1-2. The van der Waals surface area contributed by atoms with Gasteiger partial charge in [0.15, 0.2) is 0 Å². The molecule has 1 nitrogen and oxygen atoms in total. The summed E-state index contributed by atoms with van der Waals surface area (Å²) in [6.45, 7) is 2.23. The maximum absolute atomic E-state index is 2.51. The van der Waals surface area contributed by atoms with Crippen LogP contribution in [-0.4, -0.2) is 0 Å². The van der Waals surface area contributed by atoms with Crippen molar-refractivity contribution in [3.63, 3.8) is 0 Å². The molecule has 0 amide bonds. The number of para-hydroxylation sites is 2. The van der Waals surface area contributed by atoms with Gasteiger partial charge in [-0.1, -0.05) is 157 Å². The summed E-state index contributed by atoms with van der Waals surface area (Å²) >= 11 is 0. The molecule has 0 saturated carbocycles. The van der Waals surface area contributed by atoms with Crippen molar-refractivity contribution in [3.8, 4) is 11.1 Å². The highest BCUT2D eigenvalue weighted by molar-refractivity contribution is 6.11. The third-order valence-electron chi connectivity index (χ3n) is 10.9. The summed E-state index contributed by atoms with van der Waals surface area (Å²) in [4.78, 5) is 2.43. The average molecular weight is 650 g/mol. The van der Waals surface area contributed by atoms with E-state index in [4.69, 9.17) is 0 Å². The minimum absolute atomic E-state index is 0.581. The molecule has 0 N–H and O–H groups in total. The first kappa shape index (κ1) is 29.5. The molecule has 10 rings (SSSR count). The highest BCUT2D eigenvalue weighted by Gasteiger charge is 2.47. The molecule has 0 unspecified atom stereocenters. The van der Waals surface area contributed by atoms with Crippen molar-refractivity contribution in [2.45, 2.75) is 12.3 Å². The summed E-state index contributed by atoms with van der Waals surface area (Å²) in [6, 6.07) is 71.9. The fourth-order valence-electron chi connectivity index (χ4n) is 8.67. The summed E-state index contributed by atoms with van der Waals surface area (Å²) < 4.78 is 0. The van der Waals surface area contributed by atoms with Gasteiger partial charge in [-0.2, -0.15) is 0 Å². The van der Waals surface area contributed by atoms with Crippen LogP contribution in [0.25, 0.3) is 43.4 Å². The van der Waals surface area contributed by atoms with Gasteiger partial charge in [0, 0.05) is 16.8 Å². The molecule has 240 valence electrons. The molecule has 9 aromatic rings. The molecule has 1 aliphatic carbocycles. The molecule has 0 heterocycles. The topological polar surface area (TPSA) is 3.24 Å². The number of nitrogens with zero attached hydrogens (tertiary/aromatic N) is 1. The number of hydrogen-bond acceptors (Lipinski definition) is 1. The van der Waals surface area contributed by atoms with E-state index in [0.29, 0.717) is 0 Å². The normalized spacial score (nSPS) is 13.0. The monoisotopic (exact) mass is 649 g/mol. The predicted molar refractivity (Wildman–Crippen MR) is 216 cm³/mol. The van der Waals surface area contributed by atoms with Gasteiger partial charge < -0.3 is 4.90 Å². The maximum Gasteiger partial charge on any atom is 0.0715 e. The van der Waals surface area contributed by atoms with Gasteiger partial charge in [-0.15, -0.1) is 0 Å². The minimum atomic E-state index is -0.581. The standard InChI is InChI=1S/C50H35N/c1-34-24-29-45-46(30-34)50(39-27-25-35-14-8-10-16-37(35)31-39,40-28-26-36-15-9-11-17-38(36)32-40)47-33-48(43-22-12-13-23-44(43)49(45)47)51(41-18-4-2-5-19-41)42-20-6-3-7-21-42/h2-33H,1H3. The summed E-state index contributed by atoms with van der Waals surface area (Å²) in [5.41, 5.74) is 11.9. The Bertz CT molecular complexity index is 2640. The number of hydrogen-bond donors (Lipinski definition) is 0. The Morgan fingerprint density at radius 2 is 0.902 bits per heavy atom. The Balaban J connectivity index is 1.40. The van der Waals surface area contributed by atoms with Gasteiger partial charge >= 0.3 is 0 Å². The summed E-state index contributed by atoms with van der Waals surface area (Å²) in [7, 11) is 0. The number of anilines is 3. The molecule has 0 atom stereocenters. The first-order chi connectivity index (χ1) is 25.2. The minimum Gasteiger partial charge on any atom is -0.310 e. The van der Waals surface area contributed by atoms with E-state index in [9.17, 15) is 0 Å². The van der Waals surface area contributed by atoms with Gasteiger partial charge in [0.2, 0.25) is 0 Å². The average Bonchev–Trinajstić information content (AvgIpc) is 3.48. The van der Waals surface area contributed by atoms with E-state index in [1.807, 2.05) is 0 Å². The molecule has 1 aliphatic rings. The Hall–Kier alpha value is -6.44. The van der Waals surface area contributed by atoms with E-state index in [0.717, 1.165) is 17.1 Å². The largest absolute Gasteiger partial charge is 0.310 e. The van der Waals surface area contributed by atoms with Gasteiger partial charge in [-0.05, 0) is 110 Å². The predicted octanol–water partition coefficient (Wildman–Crippen LogP) is 13.3. The third-order valence-corrected chi connectivity index (χ3v) is 10.9. The highest BCUT2D eigenvalue weighted by atomic mass is 15.1. The van der Waals surface area contributed by atoms with Crippen molar-refractivity contribution in [3.05, 3.63) is 222 Å². The van der Waals surface area contributed by atoms with E-state index in [2.05, 4.69) is 206 Å². The van der Waals surface area contributed by atoms with Crippen LogP contribution in [-0.2, 0) is 5.41 Å². The lowest BCUT2D eigenvalue weighted by Gasteiger charge is -2.36. The second-order valence-electron chi connectivity index (χ2n) is 13.8. The van der Waals surface area contributed by atoms with Gasteiger partial charge in [-0.3, -0.25) is 0 Å². The van der Waals surface area contributed by atoms with Crippen LogP contribution >= 0.6 is 0 Å². The van der Waals surface area contributed by atoms with Crippen molar-refractivity contribution in [1.82, 2.24) is 0 Å². The number of fused-ring (bicyclic) bond motifs is 7. The molecular formula is C50H35N. The lowest BCUT2D eigenvalue weighted by molar-refractivity contribution is 0.771. The van der Waals surface area contributed by atoms with E-state index < -0.39 is 5.41 Å². The van der Waals surface area contributed by atoms with Crippen molar-refractivity contribution >= 4 is 49.4 Å². The zero-order chi connectivity index (χ0) is 33.9. The van der Waals surface area contributed by atoms with Crippen molar-refractivity contribution in [2.75, 3.05) is 4.90 Å². The molecule has 0 spiro atoms. The fourth-order valence-corrected chi connectivity index (χ4v) is 8.67. The smallest absolute Gasteiger partial charge is 0.0715 e. The quantitative estimate of drug-likeness (QED) is 0.179. The molecule has 51 heavy (non-hydrogen) atoms. The van der Waals surface area contributed by atoms with E-state index in [1.165, 1.54) is 71.3 Å². The molecule has 0 saturated heterocycles. The van der Waals surface area contributed by atoms with Crippen molar-refractivity contribution in [2.24, 2.45) is 0 Å². The van der Waals surface area contributed by atoms with Crippen LogP contribution < -0.4 is 4.90 Å². The summed E-state index contributed by atoms with van der Waals surface area (Å²) in [5.74, 6) is 0. The maximum atomic E-state index is 2.51. The fraction of sp³-hybridized carbons (Fsp3) is 0.0400. The lowest BCUT2D eigenvalue weighted by Crippen LogP contribution is -2.29. The molecule has 0 aromatic heterocycles. The molecule has 1 heteroatoms. The first-order valence-electron chi connectivity index (χ1n) is 17.8. The van der Waals surface area contributed by atoms with Crippen LogP contribution in [0.2, 0.25) is 0 Å². The van der Waals surface area contributed by atoms with Crippen LogP contribution in [0.3, 0.4) is 0 Å². The van der Waals surface area contributed by atoms with Gasteiger partial charge in [0.1, 0.15) is 0 Å². The van der Waals surface area contributed by atoms with Gasteiger partial charge in [-0.25, -0.2) is 0 Å². The lowest BCUT2D eigenvalue weighted by atomic mass is 9.66. The number of benzene rings is 9. The highest BCUT2D eigenvalue weighted by Crippen LogP contribution is 2.60. The van der Waals surface area contributed by atoms with E-state index in [-0.39, 0.29) is 0 Å². The second-order valence-corrected chi connectivity index (χ2v) is 13.8. The van der Waals surface area contributed by atoms with Crippen LogP contribution in [0.5, 0.6) is 0 Å². The molecule has 0 fully saturated rings. The molecule has 9 aromatic carbocycles. The Morgan fingerprint density at radius 1 is 0.392 bits per heavy atom. The number of aryl methyl sites for hydroxylation is 1. The third kappa shape index (κ3) is 4.48. The molecule has 0 bridgehead atoms. The number of rotatable bonds is 5. The van der Waals surface area contributed by atoms with E-state index in [1.54, 1.807) is 0 Å². The van der Waals surface area contributed by atoms with Gasteiger partial charge in [0.05, 0.1) is 11.1 Å². The second kappa shape index (κ2) is 11.6. The Labute approximate surface area is 298 Å². The zero-order valence-electron chi connectivity index (χ0n) is 28.4. The zero-order valence-corrected chi connectivity index (χ0v) is 28.4. The molecule has 0 aliphatic heterocycles. The van der Waals surface area contributed by atoms with Crippen LogP contribution in [0.1, 0.15) is 27.8 Å². The van der Waals surface area contributed by atoms with Crippen molar-refractivity contribution < 1.29 is 0 Å². The van der Waals surface area contributed by atoms with Gasteiger partial charge in [0.25, 0.3) is 0 Å². The molecule has 0 radical (unpaired) electrons.